The lowest BCUT2D eigenvalue weighted by Gasteiger charge is -1.96. The maximum Gasteiger partial charge on any atom is 0.168 e. The summed E-state index contributed by atoms with van der Waals surface area (Å²) in [5, 5.41) is 7.85. The van der Waals surface area contributed by atoms with Crippen LogP contribution in [-0.4, -0.2) is 16.5 Å². The SMILES string of the molecule is O=Cc1[nH]nc2ccc(I)c(Cl)c12. The number of fused-ring (bicyclic) bond motifs is 1. The average molecular weight is 306 g/mol. The van der Waals surface area contributed by atoms with Gasteiger partial charge in [-0.25, -0.2) is 0 Å². The van der Waals surface area contributed by atoms with E-state index < -0.39 is 0 Å². The molecule has 0 aliphatic rings. The molecule has 1 heterocycles. The van der Waals surface area contributed by atoms with E-state index in [2.05, 4.69) is 32.8 Å². The van der Waals surface area contributed by atoms with Gasteiger partial charge < -0.3 is 0 Å². The fourth-order valence-electron chi connectivity index (χ4n) is 1.15. The van der Waals surface area contributed by atoms with Crippen LogP contribution in [0.15, 0.2) is 12.1 Å². The Labute approximate surface area is 92.6 Å². The van der Waals surface area contributed by atoms with Gasteiger partial charge in [0.1, 0.15) is 5.69 Å². The lowest BCUT2D eigenvalue weighted by atomic mass is 10.2. The molecule has 0 saturated heterocycles. The van der Waals surface area contributed by atoms with Crippen LogP contribution in [0.4, 0.5) is 0 Å². The van der Waals surface area contributed by atoms with E-state index in [1.165, 1.54) is 0 Å². The summed E-state index contributed by atoms with van der Waals surface area (Å²) in [5.74, 6) is 0. The number of aromatic amines is 1. The van der Waals surface area contributed by atoms with Crippen LogP contribution in [0.1, 0.15) is 10.5 Å². The zero-order chi connectivity index (χ0) is 9.42. The first-order chi connectivity index (χ1) is 6.24. The molecule has 0 saturated carbocycles. The topological polar surface area (TPSA) is 45.8 Å². The Bertz CT molecular complexity index is 480. The van der Waals surface area contributed by atoms with Crippen molar-refractivity contribution in [3.63, 3.8) is 0 Å². The largest absolute Gasteiger partial charge is 0.296 e. The molecule has 0 unspecified atom stereocenters. The summed E-state index contributed by atoms with van der Waals surface area (Å²) in [4.78, 5) is 10.6. The van der Waals surface area contributed by atoms with E-state index in [9.17, 15) is 4.79 Å². The molecule has 0 aliphatic carbocycles. The van der Waals surface area contributed by atoms with Crippen LogP contribution in [-0.2, 0) is 0 Å². The first-order valence-electron chi connectivity index (χ1n) is 3.51. The van der Waals surface area contributed by atoms with Gasteiger partial charge >= 0.3 is 0 Å². The van der Waals surface area contributed by atoms with Crippen molar-refractivity contribution in [2.45, 2.75) is 0 Å². The normalized spacial score (nSPS) is 10.6. The molecule has 0 spiro atoms. The lowest BCUT2D eigenvalue weighted by molar-refractivity contribution is 0.112. The van der Waals surface area contributed by atoms with Crippen LogP contribution in [0.3, 0.4) is 0 Å². The summed E-state index contributed by atoms with van der Waals surface area (Å²) >= 11 is 8.14. The highest BCUT2D eigenvalue weighted by Gasteiger charge is 2.10. The molecule has 0 bridgehead atoms. The van der Waals surface area contributed by atoms with Gasteiger partial charge in [0.25, 0.3) is 0 Å². The zero-order valence-corrected chi connectivity index (χ0v) is 9.26. The van der Waals surface area contributed by atoms with Crippen molar-refractivity contribution in [2.75, 3.05) is 0 Å². The van der Waals surface area contributed by atoms with Crippen molar-refractivity contribution in [2.24, 2.45) is 0 Å². The molecule has 0 radical (unpaired) electrons. The molecule has 0 fully saturated rings. The van der Waals surface area contributed by atoms with Gasteiger partial charge in [-0.2, -0.15) is 5.10 Å². The molecular weight excluding hydrogens is 302 g/mol. The summed E-state index contributed by atoms with van der Waals surface area (Å²) < 4.78 is 0.913. The number of aldehydes is 1. The third kappa shape index (κ3) is 1.34. The van der Waals surface area contributed by atoms with Crippen molar-refractivity contribution in [3.8, 4) is 0 Å². The maximum absolute atomic E-state index is 10.6. The van der Waals surface area contributed by atoms with Crippen LogP contribution in [0, 0.1) is 3.57 Å². The lowest BCUT2D eigenvalue weighted by Crippen LogP contribution is -1.81. The quantitative estimate of drug-likeness (QED) is 0.650. The number of carbonyl (C=O) groups is 1. The highest BCUT2D eigenvalue weighted by molar-refractivity contribution is 14.1. The summed E-state index contributed by atoms with van der Waals surface area (Å²) in [6, 6.07) is 3.69. The number of benzene rings is 1. The fraction of sp³-hybridized carbons (Fsp3) is 0. The average Bonchev–Trinajstić information content (AvgIpc) is 2.55. The summed E-state index contributed by atoms with van der Waals surface area (Å²) in [7, 11) is 0. The van der Waals surface area contributed by atoms with E-state index in [1.54, 1.807) is 0 Å². The number of H-pyrrole nitrogens is 1. The molecule has 0 aliphatic heterocycles. The number of carbonyl (C=O) groups excluding carboxylic acids is 1. The van der Waals surface area contributed by atoms with Crippen LogP contribution >= 0.6 is 34.2 Å². The smallest absolute Gasteiger partial charge is 0.168 e. The molecule has 5 heteroatoms. The van der Waals surface area contributed by atoms with E-state index in [4.69, 9.17) is 11.6 Å². The number of nitrogens with zero attached hydrogens (tertiary/aromatic N) is 1. The Balaban J connectivity index is 2.93. The second-order valence-electron chi connectivity index (χ2n) is 2.51. The van der Waals surface area contributed by atoms with Gasteiger partial charge in [-0.1, -0.05) is 11.6 Å². The van der Waals surface area contributed by atoms with Gasteiger partial charge in [0.15, 0.2) is 6.29 Å². The van der Waals surface area contributed by atoms with Crippen LogP contribution in [0.25, 0.3) is 10.9 Å². The zero-order valence-electron chi connectivity index (χ0n) is 6.34. The fourth-order valence-corrected chi connectivity index (χ4v) is 1.86. The minimum Gasteiger partial charge on any atom is -0.296 e. The molecule has 13 heavy (non-hydrogen) atoms. The third-order valence-electron chi connectivity index (χ3n) is 1.76. The Kier molecular flexibility index (Phi) is 2.25. The number of hydrogen-bond donors (Lipinski definition) is 1. The van der Waals surface area contributed by atoms with E-state index in [-0.39, 0.29) is 0 Å². The Hall–Kier alpha value is -0.620. The molecule has 0 amide bonds. The van der Waals surface area contributed by atoms with Gasteiger partial charge in [0, 0.05) is 3.57 Å². The van der Waals surface area contributed by atoms with E-state index in [0.717, 1.165) is 9.86 Å². The van der Waals surface area contributed by atoms with Gasteiger partial charge in [-0.15, -0.1) is 0 Å². The highest BCUT2D eigenvalue weighted by atomic mass is 127. The first kappa shape index (κ1) is 8.96. The number of rotatable bonds is 1. The van der Waals surface area contributed by atoms with Crippen molar-refractivity contribution >= 4 is 51.4 Å². The van der Waals surface area contributed by atoms with Crippen LogP contribution < -0.4 is 0 Å². The van der Waals surface area contributed by atoms with Gasteiger partial charge in [-0.05, 0) is 34.7 Å². The Morgan fingerprint density at radius 3 is 3.00 bits per heavy atom. The Morgan fingerprint density at radius 1 is 1.54 bits per heavy atom. The monoisotopic (exact) mass is 306 g/mol. The van der Waals surface area contributed by atoms with Crippen LogP contribution in [0.5, 0.6) is 0 Å². The predicted molar refractivity (Wildman–Crippen MR) is 59.2 cm³/mol. The van der Waals surface area contributed by atoms with Crippen LogP contribution in [0.2, 0.25) is 5.02 Å². The molecule has 0 atom stereocenters. The van der Waals surface area contributed by atoms with E-state index in [0.29, 0.717) is 21.6 Å². The van der Waals surface area contributed by atoms with Gasteiger partial charge in [-0.3, -0.25) is 9.89 Å². The van der Waals surface area contributed by atoms with Gasteiger partial charge in [0.05, 0.1) is 15.9 Å². The molecule has 1 aromatic carbocycles. The predicted octanol–water partition coefficient (Wildman–Crippen LogP) is 2.63. The molecule has 1 N–H and O–H groups in total. The second-order valence-corrected chi connectivity index (χ2v) is 4.05. The molecule has 2 rings (SSSR count). The van der Waals surface area contributed by atoms with Crippen molar-refractivity contribution in [1.82, 2.24) is 10.2 Å². The van der Waals surface area contributed by atoms with Crippen molar-refractivity contribution < 1.29 is 4.79 Å². The molecule has 66 valence electrons. The van der Waals surface area contributed by atoms with E-state index >= 15 is 0 Å². The summed E-state index contributed by atoms with van der Waals surface area (Å²) in [6.45, 7) is 0. The number of hydrogen-bond acceptors (Lipinski definition) is 2. The summed E-state index contributed by atoms with van der Waals surface area (Å²) in [5.41, 5.74) is 1.14. The van der Waals surface area contributed by atoms with Crippen molar-refractivity contribution in [3.05, 3.63) is 26.4 Å². The maximum atomic E-state index is 10.6. The second kappa shape index (κ2) is 3.26. The molecular formula is C8H4ClIN2O. The number of nitrogens with one attached hydrogen (secondary N) is 1. The van der Waals surface area contributed by atoms with Crippen molar-refractivity contribution in [1.29, 1.82) is 0 Å². The minimum atomic E-state index is 0.429. The highest BCUT2D eigenvalue weighted by Crippen LogP contribution is 2.28. The Morgan fingerprint density at radius 2 is 2.31 bits per heavy atom. The van der Waals surface area contributed by atoms with Gasteiger partial charge in [0.2, 0.25) is 0 Å². The molecule has 2 aromatic rings. The van der Waals surface area contributed by atoms with E-state index in [1.807, 2.05) is 12.1 Å². The number of aromatic nitrogens is 2. The first-order valence-corrected chi connectivity index (χ1v) is 4.97. The molecule has 3 nitrogen and oxygen atoms in total. The third-order valence-corrected chi connectivity index (χ3v) is 3.37. The summed E-state index contributed by atoms with van der Waals surface area (Å²) in [6.07, 6.45) is 0.720. The number of halogens is 2. The molecule has 1 aromatic heterocycles. The standard InChI is InChI=1S/C8H4ClIN2O/c9-8-4(10)1-2-5-7(8)6(3-13)12-11-5/h1-3H,(H,11,12). The minimum absolute atomic E-state index is 0.429.